The van der Waals surface area contributed by atoms with Gasteiger partial charge in [-0.3, -0.25) is 9.59 Å². The van der Waals surface area contributed by atoms with E-state index in [1.807, 2.05) is 48.5 Å². The first-order valence-electron chi connectivity index (χ1n) is 9.83. The maximum absolute atomic E-state index is 12.8. The number of methoxy groups -OCH3 is 1. The Hall–Kier alpha value is -2.82. The van der Waals surface area contributed by atoms with E-state index in [1.54, 1.807) is 7.11 Å². The minimum absolute atomic E-state index is 0.0509. The van der Waals surface area contributed by atoms with Crippen molar-refractivity contribution in [3.8, 4) is 11.5 Å². The van der Waals surface area contributed by atoms with Gasteiger partial charge in [0.1, 0.15) is 17.1 Å². The number of Topliss-reactive ketones (excluding diaryl/α,β-unsaturated/α-hetero) is 1. The van der Waals surface area contributed by atoms with Crippen molar-refractivity contribution in [2.24, 2.45) is 17.8 Å². The van der Waals surface area contributed by atoms with Crippen LogP contribution in [0.4, 0.5) is 0 Å². The second-order valence-electron chi connectivity index (χ2n) is 8.08. The molecule has 28 heavy (non-hydrogen) atoms. The fourth-order valence-electron chi connectivity index (χ4n) is 5.17. The highest BCUT2D eigenvalue weighted by atomic mass is 16.5. The van der Waals surface area contributed by atoms with Crippen LogP contribution in [0.5, 0.6) is 11.5 Å². The molecular formula is C23H23NO4. The Bertz CT molecular complexity index is 938. The zero-order valence-electron chi connectivity index (χ0n) is 15.8. The van der Waals surface area contributed by atoms with Crippen molar-refractivity contribution in [3.63, 3.8) is 0 Å². The number of nitrogens with one attached hydrogen (secondary N) is 1. The van der Waals surface area contributed by atoms with Gasteiger partial charge in [-0.15, -0.1) is 0 Å². The number of fused-ring (bicyclic) bond motifs is 3. The Kier molecular flexibility index (Phi) is 3.93. The molecule has 2 aliphatic carbocycles. The first-order valence-corrected chi connectivity index (χ1v) is 9.83. The number of carbonyl (C=O) groups excluding carboxylic acids is 2. The normalized spacial score (nSPS) is 29.6. The summed E-state index contributed by atoms with van der Waals surface area (Å²) >= 11 is 0. The Morgan fingerprint density at radius 3 is 2.79 bits per heavy atom. The molecule has 5 heteroatoms. The summed E-state index contributed by atoms with van der Waals surface area (Å²) in [5.74, 6) is 2.09. The van der Waals surface area contributed by atoms with Crippen LogP contribution in [0.3, 0.4) is 0 Å². The fourth-order valence-corrected chi connectivity index (χ4v) is 5.17. The maximum atomic E-state index is 12.8. The first kappa shape index (κ1) is 17.3. The van der Waals surface area contributed by atoms with Gasteiger partial charge in [0.05, 0.1) is 19.1 Å². The summed E-state index contributed by atoms with van der Waals surface area (Å²) in [6.45, 7) is 0.494. The molecule has 0 bridgehead atoms. The van der Waals surface area contributed by atoms with E-state index < -0.39 is 5.60 Å². The minimum atomic E-state index is -0.502. The average molecular weight is 377 g/mol. The summed E-state index contributed by atoms with van der Waals surface area (Å²) in [5.41, 5.74) is 1.20. The van der Waals surface area contributed by atoms with Crippen molar-refractivity contribution >= 4 is 11.7 Å². The third kappa shape index (κ3) is 2.68. The highest BCUT2D eigenvalue weighted by Crippen LogP contribution is 2.65. The zero-order chi connectivity index (χ0) is 19.3. The van der Waals surface area contributed by atoms with E-state index in [1.165, 1.54) is 0 Å². The summed E-state index contributed by atoms with van der Waals surface area (Å²) in [6.07, 6.45) is 2.18. The predicted octanol–water partition coefficient (Wildman–Crippen LogP) is 3.37. The molecule has 1 aliphatic heterocycles. The number of hydrogen-bond acceptors (Lipinski definition) is 4. The van der Waals surface area contributed by atoms with Crippen molar-refractivity contribution in [1.29, 1.82) is 0 Å². The smallest absolute Gasteiger partial charge is 0.224 e. The van der Waals surface area contributed by atoms with Crippen molar-refractivity contribution in [2.45, 2.75) is 31.4 Å². The van der Waals surface area contributed by atoms with Crippen LogP contribution >= 0.6 is 0 Å². The molecule has 0 saturated heterocycles. The lowest BCUT2D eigenvalue weighted by molar-refractivity contribution is -0.124. The van der Waals surface area contributed by atoms with Gasteiger partial charge in [-0.25, -0.2) is 0 Å². The first-order chi connectivity index (χ1) is 13.6. The van der Waals surface area contributed by atoms with Gasteiger partial charge in [-0.1, -0.05) is 24.3 Å². The van der Waals surface area contributed by atoms with Crippen LogP contribution in [-0.2, 0) is 11.3 Å². The van der Waals surface area contributed by atoms with E-state index in [-0.39, 0.29) is 23.5 Å². The van der Waals surface area contributed by atoms with Gasteiger partial charge in [0.2, 0.25) is 5.91 Å². The second kappa shape index (κ2) is 6.36. The SMILES string of the molecule is COc1ccc(CNC(=O)[C@@H]2[C@@H]3CC[C@@]4(CC(=O)c5ccccc5O4)[C@H]32)cc1. The van der Waals surface area contributed by atoms with Gasteiger partial charge >= 0.3 is 0 Å². The molecule has 2 aromatic rings. The molecule has 2 fully saturated rings. The van der Waals surface area contributed by atoms with E-state index in [2.05, 4.69) is 5.32 Å². The van der Waals surface area contributed by atoms with Gasteiger partial charge in [-0.2, -0.15) is 0 Å². The number of rotatable bonds is 4. The van der Waals surface area contributed by atoms with Gasteiger partial charge in [0.25, 0.3) is 0 Å². The zero-order valence-corrected chi connectivity index (χ0v) is 15.8. The summed E-state index contributed by atoms with van der Waals surface area (Å²) in [6, 6.07) is 15.1. The quantitative estimate of drug-likeness (QED) is 0.887. The molecule has 0 radical (unpaired) electrons. The number of benzene rings is 2. The molecule has 4 atom stereocenters. The highest BCUT2D eigenvalue weighted by molar-refractivity contribution is 6.00. The van der Waals surface area contributed by atoms with Crippen LogP contribution in [0, 0.1) is 17.8 Å². The lowest BCUT2D eigenvalue weighted by Gasteiger charge is -2.37. The van der Waals surface area contributed by atoms with Crippen LogP contribution in [-0.4, -0.2) is 24.4 Å². The molecule has 1 heterocycles. The number of amides is 1. The van der Waals surface area contributed by atoms with Crippen LogP contribution in [0.1, 0.15) is 35.2 Å². The lowest BCUT2D eigenvalue weighted by Crippen LogP contribution is -2.44. The van der Waals surface area contributed by atoms with Gasteiger partial charge < -0.3 is 14.8 Å². The van der Waals surface area contributed by atoms with Crippen molar-refractivity contribution in [3.05, 3.63) is 59.7 Å². The van der Waals surface area contributed by atoms with Crippen LogP contribution in [0.15, 0.2) is 48.5 Å². The van der Waals surface area contributed by atoms with E-state index in [0.717, 1.165) is 24.2 Å². The summed E-state index contributed by atoms with van der Waals surface area (Å²) in [7, 11) is 1.63. The van der Waals surface area contributed by atoms with E-state index in [9.17, 15) is 9.59 Å². The minimum Gasteiger partial charge on any atom is -0.497 e. The molecular weight excluding hydrogens is 354 g/mol. The Morgan fingerprint density at radius 1 is 1.21 bits per heavy atom. The van der Waals surface area contributed by atoms with Crippen LogP contribution in [0.2, 0.25) is 0 Å². The molecule has 5 rings (SSSR count). The number of para-hydroxylation sites is 1. The van der Waals surface area contributed by atoms with Crippen molar-refractivity contribution in [2.75, 3.05) is 7.11 Å². The Morgan fingerprint density at radius 2 is 2.00 bits per heavy atom. The number of ketones is 1. The summed E-state index contributed by atoms with van der Waals surface area (Å²) in [4.78, 5) is 25.5. The molecule has 5 nitrogen and oxygen atoms in total. The van der Waals surface area contributed by atoms with Gasteiger partial charge in [-0.05, 0) is 48.6 Å². The van der Waals surface area contributed by atoms with E-state index in [4.69, 9.17) is 9.47 Å². The average Bonchev–Trinajstić information content (AvgIpc) is 3.37. The molecule has 2 saturated carbocycles. The topological polar surface area (TPSA) is 64.6 Å². The molecule has 0 unspecified atom stereocenters. The third-order valence-corrected chi connectivity index (χ3v) is 6.57. The Balaban J connectivity index is 1.27. The molecule has 1 amide bonds. The van der Waals surface area contributed by atoms with E-state index >= 15 is 0 Å². The lowest BCUT2D eigenvalue weighted by atomic mass is 9.84. The summed E-state index contributed by atoms with van der Waals surface area (Å²) < 4.78 is 11.5. The van der Waals surface area contributed by atoms with Gasteiger partial charge in [0, 0.05) is 18.4 Å². The van der Waals surface area contributed by atoms with Gasteiger partial charge in [0.15, 0.2) is 5.78 Å². The number of carbonyl (C=O) groups is 2. The number of hydrogen-bond donors (Lipinski definition) is 1. The standard InChI is InChI=1S/C23H23NO4/c1-27-15-8-6-14(7-9-15)13-24-22(26)20-17-10-11-23(21(17)20)12-18(25)16-4-2-3-5-19(16)28-23/h2-9,17,20-21H,10-13H2,1H3,(H,24,26)/t17-,20+,21+,23+/m0/s1. The maximum Gasteiger partial charge on any atom is 0.224 e. The second-order valence-corrected chi connectivity index (χ2v) is 8.08. The molecule has 0 aromatic heterocycles. The molecule has 3 aliphatic rings. The highest BCUT2D eigenvalue weighted by Gasteiger charge is 2.70. The Labute approximate surface area is 164 Å². The molecule has 2 aromatic carbocycles. The monoisotopic (exact) mass is 377 g/mol. The molecule has 1 N–H and O–H groups in total. The fraction of sp³-hybridized carbons (Fsp3) is 0.391. The number of ether oxygens (including phenoxy) is 2. The van der Waals surface area contributed by atoms with Crippen molar-refractivity contribution < 1.29 is 19.1 Å². The summed E-state index contributed by atoms with van der Waals surface area (Å²) in [5, 5.41) is 3.06. The van der Waals surface area contributed by atoms with Crippen LogP contribution in [0.25, 0.3) is 0 Å². The van der Waals surface area contributed by atoms with Crippen molar-refractivity contribution in [1.82, 2.24) is 5.32 Å². The van der Waals surface area contributed by atoms with E-state index in [0.29, 0.717) is 30.2 Å². The molecule has 1 spiro atoms. The largest absolute Gasteiger partial charge is 0.497 e. The van der Waals surface area contributed by atoms with Crippen LogP contribution < -0.4 is 14.8 Å². The molecule has 144 valence electrons. The predicted molar refractivity (Wildman–Crippen MR) is 103 cm³/mol. The third-order valence-electron chi connectivity index (χ3n) is 6.57.